The summed E-state index contributed by atoms with van der Waals surface area (Å²) in [4.78, 5) is 12.5. The van der Waals surface area contributed by atoms with Crippen LogP contribution in [0.3, 0.4) is 0 Å². The number of aromatic nitrogens is 2. The minimum absolute atomic E-state index is 0.170. The highest BCUT2D eigenvalue weighted by Gasteiger charge is 2.19. The van der Waals surface area contributed by atoms with Crippen molar-refractivity contribution in [2.75, 3.05) is 11.9 Å². The Hall–Kier alpha value is -2.51. The van der Waals surface area contributed by atoms with E-state index in [1.165, 1.54) is 11.8 Å². The van der Waals surface area contributed by atoms with Gasteiger partial charge in [0.25, 0.3) is 5.22 Å². The quantitative estimate of drug-likeness (QED) is 0.531. The molecule has 1 atom stereocenters. The van der Waals surface area contributed by atoms with Crippen LogP contribution in [0, 0.1) is 6.92 Å². The molecule has 1 aromatic heterocycles. The van der Waals surface area contributed by atoms with Crippen molar-refractivity contribution in [1.29, 1.82) is 0 Å². The van der Waals surface area contributed by atoms with Gasteiger partial charge in [-0.3, -0.25) is 4.79 Å². The topological polar surface area (TPSA) is 77.2 Å². The summed E-state index contributed by atoms with van der Waals surface area (Å²) in [5.41, 5.74) is 2.41. The van der Waals surface area contributed by atoms with Crippen molar-refractivity contribution in [1.82, 2.24) is 10.2 Å². The summed E-state index contributed by atoms with van der Waals surface area (Å²) in [6, 6.07) is 12.8. The number of rotatable bonds is 7. The summed E-state index contributed by atoms with van der Waals surface area (Å²) >= 11 is 7.20. The summed E-state index contributed by atoms with van der Waals surface area (Å²) < 4.78 is 11.1. The van der Waals surface area contributed by atoms with E-state index in [1.807, 2.05) is 44.2 Å². The lowest BCUT2D eigenvalue weighted by molar-refractivity contribution is -0.115. The Morgan fingerprint density at radius 1 is 1.25 bits per heavy atom. The van der Waals surface area contributed by atoms with E-state index in [4.69, 9.17) is 20.8 Å². The molecule has 8 heteroatoms. The van der Waals surface area contributed by atoms with Crippen molar-refractivity contribution >= 4 is 35.0 Å². The molecular formula is C20H20ClN3O3S. The Labute approximate surface area is 172 Å². The van der Waals surface area contributed by atoms with Crippen molar-refractivity contribution in [3.8, 4) is 17.2 Å². The van der Waals surface area contributed by atoms with E-state index >= 15 is 0 Å². The molecule has 146 valence electrons. The van der Waals surface area contributed by atoms with Crippen molar-refractivity contribution in [3.63, 3.8) is 0 Å². The molecule has 0 aliphatic carbocycles. The number of anilines is 1. The normalized spacial score (nSPS) is 11.9. The molecule has 28 heavy (non-hydrogen) atoms. The van der Waals surface area contributed by atoms with Crippen LogP contribution in [0.5, 0.6) is 5.75 Å². The number of thioether (sulfide) groups is 1. The number of carbonyl (C=O) groups is 1. The zero-order valence-corrected chi connectivity index (χ0v) is 17.3. The molecule has 1 amide bonds. The molecule has 2 aromatic carbocycles. The van der Waals surface area contributed by atoms with Crippen LogP contribution in [0.15, 0.2) is 52.1 Å². The van der Waals surface area contributed by atoms with Crippen molar-refractivity contribution in [2.24, 2.45) is 0 Å². The van der Waals surface area contributed by atoms with Gasteiger partial charge in [0.15, 0.2) is 0 Å². The SMILES string of the molecule is CCOc1ccc(-c2nnc(S[C@@H](C)C(=O)Nc3cc(Cl)ccc3C)o2)cc1. The van der Waals surface area contributed by atoms with Gasteiger partial charge >= 0.3 is 0 Å². The molecule has 0 saturated heterocycles. The number of nitrogens with one attached hydrogen (secondary N) is 1. The van der Waals surface area contributed by atoms with Gasteiger partial charge in [-0.05, 0) is 62.7 Å². The molecule has 0 saturated carbocycles. The minimum Gasteiger partial charge on any atom is -0.494 e. The fourth-order valence-corrected chi connectivity index (χ4v) is 3.26. The number of hydrogen-bond donors (Lipinski definition) is 1. The second-order valence-corrected chi connectivity index (χ2v) is 7.77. The van der Waals surface area contributed by atoms with E-state index in [0.717, 1.165) is 16.9 Å². The van der Waals surface area contributed by atoms with Gasteiger partial charge in [-0.1, -0.05) is 29.4 Å². The second kappa shape index (κ2) is 9.12. The average Bonchev–Trinajstić information content (AvgIpc) is 3.14. The third-order valence-corrected chi connectivity index (χ3v) is 5.09. The third-order valence-electron chi connectivity index (χ3n) is 3.92. The monoisotopic (exact) mass is 417 g/mol. The second-order valence-electron chi connectivity index (χ2n) is 6.04. The van der Waals surface area contributed by atoms with Gasteiger partial charge in [0.2, 0.25) is 11.8 Å². The van der Waals surface area contributed by atoms with E-state index in [9.17, 15) is 4.79 Å². The molecule has 0 fully saturated rings. The Morgan fingerprint density at radius 2 is 2.00 bits per heavy atom. The van der Waals surface area contributed by atoms with Gasteiger partial charge in [-0.15, -0.1) is 10.2 Å². The molecule has 6 nitrogen and oxygen atoms in total. The predicted molar refractivity (Wildman–Crippen MR) is 111 cm³/mol. The maximum absolute atomic E-state index is 12.5. The van der Waals surface area contributed by atoms with Crippen LogP contribution < -0.4 is 10.1 Å². The smallest absolute Gasteiger partial charge is 0.277 e. The van der Waals surface area contributed by atoms with E-state index in [-0.39, 0.29) is 5.91 Å². The average molecular weight is 418 g/mol. The van der Waals surface area contributed by atoms with Crippen LogP contribution in [0.1, 0.15) is 19.4 Å². The molecule has 0 unspecified atom stereocenters. The fraction of sp³-hybridized carbons (Fsp3) is 0.250. The number of aryl methyl sites for hydroxylation is 1. The summed E-state index contributed by atoms with van der Waals surface area (Å²) in [5, 5.41) is 11.4. The van der Waals surface area contributed by atoms with Crippen molar-refractivity contribution < 1.29 is 13.9 Å². The summed E-state index contributed by atoms with van der Waals surface area (Å²) in [6.07, 6.45) is 0. The standard InChI is InChI=1S/C20H20ClN3O3S/c1-4-26-16-9-6-14(7-10-16)19-23-24-20(27-19)28-13(3)18(25)22-17-11-15(21)8-5-12(17)2/h5-11,13H,4H2,1-3H3,(H,22,25)/t13-/m0/s1. The van der Waals surface area contributed by atoms with Crippen LogP contribution in [0.4, 0.5) is 5.69 Å². The first-order valence-corrected chi connectivity index (χ1v) is 10.0. The first-order valence-electron chi connectivity index (χ1n) is 8.76. The van der Waals surface area contributed by atoms with Gasteiger partial charge in [0.1, 0.15) is 5.75 Å². The Morgan fingerprint density at radius 3 is 2.71 bits per heavy atom. The predicted octanol–water partition coefficient (Wildman–Crippen LogP) is 5.22. The number of benzene rings is 2. The highest BCUT2D eigenvalue weighted by Crippen LogP contribution is 2.28. The summed E-state index contributed by atoms with van der Waals surface area (Å²) in [5.74, 6) is 1.00. The summed E-state index contributed by atoms with van der Waals surface area (Å²) in [6.45, 7) is 6.22. The Kier molecular flexibility index (Phi) is 6.59. The number of halogens is 1. The van der Waals surface area contributed by atoms with Gasteiger partial charge in [-0.25, -0.2) is 0 Å². The molecule has 1 N–H and O–H groups in total. The van der Waals surface area contributed by atoms with Crippen LogP contribution in [-0.2, 0) is 4.79 Å². The zero-order valence-electron chi connectivity index (χ0n) is 15.7. The molecule has 1 heterocycles. The van der Waals surface area contributed by atoms with E-state index in [2.05, 4.69) is 15.5 Å². The number of ether oxygens (including phenoxy) is 1. The van der Waals surface area contributed by atoms with Crippen LogP contribution >= 0.6 is 23.4 Å². The Bertz CT molecular complexity index is 960. The highest BCUT2D eigenvalue weighted by molar-refractivity contribution is 8.00. The Balaban J connectivity index is 1.63. The largest absolute Gasteiger partial charge is 0.494 e. The molecular weight excluding hydrogens is 398 g/mol. The van der Waals surface area contributed by atoms with E-state index < -0.39 is 5.25 Å². The number of carbonyl (C=O) groups excluding carboxylic acids is 1. The maximum Gasteiger partial charge on any atom is 0.277 e. The van der Waals surface area contributed by atoms with Gasteiger partial charge in [-0.2, -0.15) is 0 Å². The molecule has 3 rings (SSSR count). The first-order chi connectivity index (χ1) is 13.5. The zero-order chi connectivity index (χ0) is 20.1. The lowest BCUT2D eigenvalue weighted by atomic mass is 10.2. The lowest BCUT2D eigenvalue weighted by Gasteiger charge is -2.12. The van der Waals surface area contributed by atoms with E-state index in [1.54, 1.807) is 19.1 Å². The highest BCUT2D eigenvalue weighted by atomic mass is 35.5. The first kappa shape index (κ1) is 20.2. The number of amides is 1. The molecule has 0 radical (unpaired) electrons. The van der Waals surface area contributed by atoms with Crippen molar-refractivity contribution in [3.05, 3.63) is 53.1 Å². The minimum atomic E-state index is -0.424. The van der Waals surface area contributed by atoms with Crippen molar-refractivity contribution in [2.45, 2.75) is 31.2 Å². The fourth-order valence-electron chi connectivity index (χ4n) is 2.40. The van der Waals surface area contributed by atoms with Gasteiger partial charge in [0, 0.05) is 16.3 Å². The lowest BCUT2D eigenvalue weighted by Crippen LogP contribution is -2.22. The molecule has 0 bridgehead atoms. The molecule has 0 aliphatic heterocycles. The molecule has 0 aliphatic rings. The third kappa shape index (κ3) is 5.05. The molecule has 0 spiro atoms. The number of nitrogens with zero attached hydrogens (tertiary/aromatic N) is 2. The summed E-state index contributed by atoms with van der Waals surface area (Å²) in [7, 11) is 0. The van der Waals surface area contributed by atoms with Crippen LogP contribution in [0.25, 0.3) is 11.5 Å². The van der Waals surface area contributed by atoms with E-state index in [0.29, 0.717) is 28.4 Å². The maximum atomic E-state index is 12.5. The molecule has 3 aromatic rings. The van der Waals surface area contributed by atoms with Gasteiger partial charge < -0.3 is 14.5 Å². The number of hydrogen-bond acceptors (Lipinski definition) is 6. The van der Waals surface area contributed by atoms with Gasteiger partial charge in [0.05, 0.1) is 11.9 Å². The van der Waals surface area contributed by atoms with Crippen LogP contribution in [0.2, 0.25) is 5.02 Å². The van der Waals surface area contributed by atoms with Crippen LogP contribution in [-0.4, -0.2) is 28.0 Å².